The minimum Gasteiger partial charge on any atom is -0.355 e. The van der Waals surface area contributed by atoms with Crippen molar-refractivity contribution < 1.29 is 4.79 Å². The Morgan fingerprint density at radius 1 is 1.56 bits per heavy atom. The molecule has 2 aromatic rings. The Hall–Kier alpha value is -1.11. The van der Waals surface area contributed by atoms with Crippen molar-refractivity contribution >= 4 is 33.8 Å². The van der Waals surface area contributed by atoms with Gasteiger partial charge in [0.15, 0.2) is 10.1 Å². The van der Waals surface area contributed by atoms with Crippen LogP contribution >= 0.6 is 22.9 Å². The van der Waals surface area contributed by atoms with Gasteiger partial charge in [-0.3, -0.25) is 9.20 Å². The summed E-state index contributed by atoms with van der Waals surface area (Å²) in [6.07, 6.45) is 0. The number of nitrogens with one attached hydrogen (secondary N) is 2. The van der Waals surface area contributed by atoms with Crippen LogP contribution in [-0.4, -0.2) is 28.4 Å². The molecule has 1 amide bonds. The topological polar surface area (TPSA) is 58.4 Å². The van der Waals surface area contributed by atoms with Crippen molar-refractivity contribution in [1.29, 1.82) is 0 Å². The SMILES string of the molecule is CC(=O)NCCNCc1c(Cl)nc2scc(C)n12. The fourth-order valence-electron chi connectivity index (χ4n) is 1.73. The molecule has 0 fully saturated rings. The van der Waals surface area contributed by atoms with E-state index in [1.807, 2.05) is 6.92 Å². The lowest BCUT2D eigenvalue weighted by atomic mass is 10.4. The Morgan fingerprint density at radius 2 is 2.33 bits per heavy atom. The predicted molar refractivity (Wildman–Crippen MR) is 73.2 cm³/mol. The average Bonchev–Trinajstić information content (AvgIpc) is 2.79. The molecule has 0 aromatic carbocycles. The summed E-state index contributed by atoms with van der Waals surface area (Å²) >= 11 is 7.69. The first-order chi connectivity index (χ1) is 8.59. The first-order valence-corrected chi connectivity index (χ1v) is 6.91. The first-order valence-electron chi connectivity index (χ1n) is 5.65. The van der Waals surface area contributed by atoms with Gasteiger partial charge in [0.2, 0.25) is 5.91 Å². The number of rotatable bonds is 5. The molecule has 0 saturated carbocycles. The van der Waals surface area contributed by atoms with Gasteiger partial charge in [0, 0.05) is 37.6 Å². The van der Waals surface area contributed by atoms with Gasteiger partial charge >= 0.3 is 0 Å². The molecule has 0 aliphatic rings. The van der Waals surface area contributed by atoms with Crippen molar-refractivity contribution in [3.05, 3.63) is 21.9 Å². The highest BCUT2D eigenvalue weighted by Crippen LogP contribution is 2.23. The molecule has 7 heteroatoms. The van der Waals surface area contributed by atoms with Gasteiger partial charge in [-0.25, -0.2) is 4.98 Å². The Bertz CT molecular complexity index is 563. The molecule has 0 radical (unpaired) electrons. The Labute approximate surface area is 114 Å². The van der Waals surface area contributed by atoms with Gasteiger partial charge in [-0.1, -0.05) is 11.6 Å². The molecule has 0 saturated heterocycles. The number of halogens is 1. The molecule has 98 valence electrons. The second-order valence-electron chi connectivity index (χ2n) is 4.00. The number of hydrogen-bond acceptors (Lipinski definition) is 4. The Morgan fingerprint density at radius 3 is 3.06 bits per heavy atom. The fraction of sp³-hybridized carbons (Fsp3) is 0.455. The molecule has 2 rings (SSSR count). The summed E-state index contributed by atoms with van der Waals surface area (Å²) in [4.78, 5) is 15.9. The van der Waals surface area contributed by atoms with Gasteiger partial charge in [0.1, 0.15) is 0 Å². The second kappa shape index (κ2) is 5.69. The van der Waals surface area contributed by atoms with E-state index < -0.39 is 0 Å². The van der Waals surface area contributed by atoms with Crippen LogP contribution in [0.2, 0.25) is 5.15 Å². The van der Waals surface area contributed by atoms with E-state index in [-0.39, 0.29) is 5.91 Å². The third-order valence-electron chi connectivity index (χ3n) is 2.55. The van der Waals surface area contributed by atoms with E-state index in [1.54, 1.807) is 11.3 Å². The predicted octanol–water partition coefficient (Wildman–Crippen LogP) is 1.58. The minimum atomic E-state index is -0.0183. The van der Waals surface area contributed by atoms with Crippen LogP contribution < -0.4 is 10.6 Å². The number of thiazole rings is 1. The van der Waals surface area contributed by atoms with Crippen LogP contribution in [-0.2, 0) is 11.3 Å². The molecular weight excluding hydrogens is 272 g/mol. The lowest BCUT2D eigenvalue weighted by Gasteiger charge is -2.05. The van der Waals surface area contributed by atoms with Crippen molar-refractivity contribution in [2.45, 2.75) is 20.4 Å². The maximum Gasteiger partial charge on any atom is 0.216 e. The van der Waals surface area contributed by atoms with Gasteiger partial charge in [-0.05, 0) is 6.92 Å². The summed E-state index contributed by atoms with van der Waals surface area (Å²) in [5.74, 6) is -0.0183. The first kappa shape index (κ1) is 13.3. The third-order valence-corrected chi connectivity index (χ3v) is 3.80. The highest BCUT2D eigenvalue weighted by Gasteiger charge is 2.12. The number of amides is 1. The Balaban J connectivity index is 1.96. The molecule has 2 aromatic heterocycles. The third kappa shape index (κ3) is 2.82. The van der Waals surface area contributed by atoms with Gasteiger partial charge < -0.3 is 10.6 Å². The summed E-state index contributed by atoms with van der Waals surface area (Å²) in [5, 5.41) is 8.56. The smallest absolute Gasteiger partial charge is 0.216 e. The van der Waals surface area contributed by atoms with Gasteiger partial charge in [0.05, 0.1) is 5.69 Å². The van der Waals surface area contributed by atoms with Crippen molar-refractivity contribution in [3.8, 4) is 0 Å². The van der Waals surface area contributed by atoms with Crippen LogP contribution in [0.5, 0.6) is 0 Å². The monoisotopic (exact) mass is 286 g/mol. The highest BCUT2D eigenvalue weighted by atomic mass is 35.5. The van der Waals surface area contributed by atoms with E-state index in [4.69, 9.17) is 11.6 Å². The summed E-state index contributed by atoms with van der Waals surface area (Å²) < 4.78 is 2.05. The maximum atomic E-state index is 10.7. The molecule has 0 unspecified atom stereocenters. The standard InChI is InChI=1S/C11H15ClN4OS/c1-7-6-18-11-15-10(12)9(16(7)11)5-13-3-4-14-8(2)17/h6,13H,3-5H2,1-2H3,(H,14,17). The van der Waals surface area contributed by atoms with Crippen LogP contribution in [0.15, 0.2) is 5.38 Å². The van der Waals surface area contributed by atoms with Crippen molar-refractivity contribution in [2.24, 2.45) is 0 Å². The van der Waals surface area contributed by atoms with Crippen LogP contribution in [0.3, 0.4) is 0 Å². The lowest BCUT2D eigenvalue weighted by Crippen LogP contribution is -2.30. The number of carbonyl (C=O) groups is 1. The summed E-state index contributed by atoms with van der Waals surface area (Å²) in [6, 6.07) is 0. The zero-order valence-corrected chi connectivity index (χ0v) is 11.9. The van der Waals surface area contributed by atoms with E-state index >= 15 is 0 Å². The zero-order valence-electron chi connectivity index (χ0n) is 10.3. The number of aryl methyl sites for hydroxylation is 1. The molecule has 0 spiro atoms. The number of nitrogens with zero attached hydrogens (tertiary/aromatic N) is 2. The number of fused-ring (bicyclic) bond motifs is 1. The molecular formula is C11H15ClN4OS. The van der Waals surface area contributed by atoms with Crippen molar-refractivity contribution in [1.82, 2.24) is 20.0 Å². The summed E-state index contributed by atoms with van der Waals surface area (Å²) in [7, 11) is 0. The number of imidazole rings is 1. The van der Waals surface area contributed by atoms with E-state index in [0.717, 1.165) is 16.3 Å². The van der Waals surface area contributed by atoms with E-state index in [9.17, 15) is 4.79 Å². The lowest BCUT2D eigenvalue weighted by molar-refractivity contribution is -0.118. The molecule has 0 aliphatic heterocycles. The molecule has 0 aliphatic carbocycles. The second-order valence-corrected chi connectivity index (χ2v) is 5.20. The molecule has 0 bridgehead atoms. The van der Waals surface area contributed by atoms with Crippen molar-refractivity contribution in [2.75, 3.05) is 13.1 Å². The summed E-state index contributed by atoms with van der Waals surface area (Å²) in [5.41, 5.74) is 2.10. The summed E-state index contributed by atoms with van der Waals surface area (Å²) in [6.45, 7) is 5.48. The maximum absolute atomic E-state index is 10.7. The molecule has 5 nitrogen and oxygen atoms in total. The fourth-order valence-corrected chi connectivity index (χ4v) is 2.89. The van der Waals surface area contributed by atoms with Crippen LogP contribution in [0, 0.1) is 6.92 Å². The number of hydrogen-bond donors (Lipinski definition) is 2. The van der Waals surface area contributed by atoms with E-state index in [2.05, 4.69) is 25.4 Å². The van der Waals surface area contributed by atoms with Gasteiger partial charge in [-0.15, -0.1) is 11.3 Å². The molecule has 0 atom stereocenters. The molecule has 2 heterocycles. The molecule has 18 heavy (non-hydrogen) atoms. The van der Waals surface area contributed by atoms with Gasteiger partial charge in [-0.2, -0.15) is 0 Å². The Kier molecular flexibility index (Phi) is 4.21. The average molecular weight is 287 g/mol. The highest BCUT2D eigenvalue weighted by molar-refractivity contribution is 7.15. The van der Waals surface area contributed by atoms with Crippen LogP contribution in [0.1, 0.15) is 18.3 Å². The van der Waals surface area contributed by atoms with Crippen molar-refractivity contribution in [3.63, 3.8) is 0 Å². The zero-order chi connectivity index (χ0) is 13.1. The van der Waals surface area contributed by atoms with Gasteiger partial charge in [0.25, 0.3) is 0 Å². The molecule has 2 N–H and O–H groups in total. The van der Waals surface area contributed by atoms with Crippen LogP contribution in [0.4, 0.5) is 0 Å². The van der Waals surface area contributed by atoms with Crippen LogP contribution in [0.25, 0.3) is 4.96 Å². The number of carbonyl (C=O) groups excluding carboxylic acids is 1. The normalized spacial score (nSPS) is 11.1. The largest absolute Gasteiger partial charge is 0.355 e. The number of aromatic nitrogens is 2. The quantitative estimate of drug-likeness (QED) is 0.821. The van der Waals surface area contributed by atoms with E-state index in [1.165, 1.54) is 6.92 Å². The minimum absolute atomic E-state index is 0.0183. The van der Waals surface area contributed by atoms with E-state index in [0.29, 0.717) is 24.8 Å².